The average Bonchev–Trinajstić information content (AvgIpc) is 2.22. The summed E-state index contributed by atoms with van der Waals surface area (Å²) < 4.78 is 42.3. The minimum absolute atomic E-state index is 0.0925. The van der Waals surface area contributed by atoms with Crippen molar-refractivity contribution in [1.82, 2.24) is 0 Å². The Hall–Kier alpha value is -0.780. The summed E-state index contributed by atoms with van der Waals surface area (Å²) in [7, 11) is 0. The van der Waals surface area contributed by atoms with Gasteiger partial charge in [0.05, 0.1) is 18.9 Å². The van der Waals surface area contributed by atoms with Crippen LogP contribution in [0.5, 0.6) is 0 Å². The normalized spacial score (nSPS) is 13.7. The molecule has 1 unspecified atom stereocenters. The first kappa shape index (κ1) is 17.2. The third-order valence-corrected chi connectivity index (χ3v) is 2.58. The number of halogens is 3. The van der Waals surface area contributed by atoms with E-state index in [-0.39, 0.29) is 19.6 Å². The first-order valence-corrected chi connectivity index (χ1v) is 6.19. The number of carbonyl (C=O) groups excluding carboxylic acids is 1. The molecule has 0 fully saturated rings. The van der Waals surface area contributed by atoms with Gasteiger partial charge in [-0.2, -0.15) is 13.2 Å². The van der Waals surface area contributed by atoms with Crippen LogP contribution in [0.4, 0.5) is 13.2 Å². The minimum atomic E-state index is -4.39. The summed E-state index contributed by atoms with van der Waals surface area (Å²) in [5, 5.41) is 0. The third kappa shape index (κ3) is 8.33. The zero-order valence-corrected chi connectivity index (χ0v) is 10.9. The second-order valence-corrected chi connectivity index (χ2v) is 4.78. The number of alkyl halides is 3. The Kier molecular flexibility index (Phi) is 7.98. The number of ether oxygens (including phenoxy) is 1. The lowest BCUT2D eigenvalue weighted by Crippen LogP contribution is -2.28. The number of rotatable bonds is 8. The van der Waals surface area contributed by atoms with Gasteiger partial charge in [0.25, 0.3) is 0 Å². The predicted molar refractivity (Wildman–Crippen MR) is 62.9 cm³/mol. The summed E-state index contributed by atoms with van der Waals surface area (Å²) >= 11 is 0. The monoisotopic (exact) mass is 269 g/mol. The van der Waals surface area contributed by atoms with E-state index in [9.17, 15) is 18.0 Å². The molecule has 18 heavy (non-hydrogen) atoms. The van der Waals surface area contributed by atoms with Crippen LogP contribution in [-0.4, -0.2) is 25.3 Å². The van der Waals surface area contributed by atoms with Gasteiger partial charge in [0.15, 0.2) is 0 Å². The van der Waals surface area contributed by atoms with E-state index in [4.69, 9.17) is 10.5 Å². The van der Waals surface area contributed by atoms with Crippen molar-refractivity contribution in [2.75, 3.05) is 13.2 Å². The summed E-state index contributed by atoms with van der Waals surface area (Å²) in [6.45, 7) is 4.15. The molecule has 0 aromatic heterocycles. The average molecular weight is 269 g/mol. The zero-order valence-electron chi connectivity index (χ0n) is 10.9. The molecule has 2 N–H and O–H groups in total. The van der Waals surface area contributed by atoms with Crippen molar-refractivity contribution >= 4 is 5.97 Å². The molecule has 0 rings (SSSR count). The second kappa shape index (κ2) is 8.34. The fourth-order valence-corrected chi connectivity index (χ4v) is 1.52. The SMILES string of the molecule is CC(C)CCCOC(=O)CC(CCN)C(F)(F)F. The Morgan fingerprint density at radius 1 is 1.28 bits per heavy atom. The molecule has 0 aromatic rings. The van der Waals surface area contributed by atoms with E-state index in [0.29, 0.717) is 12.3 Å². The summed E-state index contributed by atoms with van der Waals surface area (Å²) in [5.41, 5.74) is 5.10. The molecule has 0 aliphatic heterocycles. The van der Waals surface area contributed by atoms with E-state index in [1.165, 1.54) is 0 Å². The molecule has 3 nitrogen and oxygen atoms in total. The van der Waals surface area contributed by atoms with E-state index < -0.39 is 24.5 Å². The van der Waals surface area contributed by atoms with Gasteiger partial charge in [0, 0.05) is 0 Å². The van der Waals surface area contributed by atoms with Crippen LogP contribution in [0.1, 0.15) is 39.5 Å². The summed E-state index contributed by atoms with van der Waals surface area (Å²) in [5.74, 6) is -2.00. The van der Waals surface area contributed by atoms with Crippen LogP contribution in [0.25, 0.3) is 0 Å². The Bertz CT molecular complexity index is 242. The molecule has 0 aromatic carbocycles. The van der Waals surface area contributed by atoms with Gasteiger partial charge >= 0.3 is 12.1 Å². The van der Waals surface area contributed by atoms with Crippen molar-refractivity contribution in [3.05, 3.63) is 0 Å². The lowest BCUT2D eigenvalue weighted by molar-refractivity contribution is -0.185. The molecule has 6 heteroatoms. The van der Waals surface area contributed by atoms with Gasteiger partial charge in [0.1, 0.15) is 0 Å². The largest absolute Gasteiger partial charge is 0.466 e. The van der Waals surface area contributed by atoms with E-state index in [2.05, 4.69) is 0 Å². The summed E-state index contributed by atoms with van der Waals surface area (Å²) in [6.07, 6.45) is -3.71. The molecule has 0 aliphatic rings. The summed E-state index contributed by atoms with van der Waals surface area (Å²) in [6, 6.07) is 0. The summed E-state index contributed by atoms with van der Waals surface area (Å²) in [4.78, 5) is 11.3. The highest BCUT2D eigenvalue weighted by atomic mass is 19.4. The lowest BCUT2D eigenvalue weighted by Gasteiger charge is -2.18. The lowest BCUT2D eigenvalue weighted by atomic mass is 10.0. The molecule has 0 saturated heterocycles. The Balaban J connectivity index is 3.96. The maximum absolute atomic E-state index is 12.5. The Morgan fingerprint density at radius 2 is 1.89 bits per heavy atom. The Morgan fingerprint density at radius 3 is 2.33 bits per heavy atom. The maximum atomic E-state index is 12.5. The van der Waals surface area contributed by atoms with Crippen LogP contribution >= 0.6 is 0 Å². The van der Waals surface area contributed by atoms with Gasteiger partial charge in [-0.3, -0.25) is 4.79 Å². The van der Waals surface area contributed by atoms with Crippen molar-refractivity contribution < 1.29 is 22.7 Å². The highest BCUT2D eigenvalue weighted by Crippen LogP contribution is 2.31. The van der Waals surface area contributed by atoms with Gasteiger partial charge in [0.2, 0.25) is 0 Å². The number of nitrogens with two attached hydrogens (primary N) is 1. The molecule has 0 saturated carbocycles. The van der Waals surface area contributed by atoms with Gasteiger partial charge in [-0.15, -0.1) is 0 Å². The molecular weight excluding hydrogens is 247 g/mol. The molecule has 0 spiro atoms. The topological polar surface area (TPSA) is 52.3 Å². The number of esters is 1. The van der Waals surface area contributed by atoms with Crippen molar-refractivity contribution in [3.63, 3.8) is 0 Å². The van der Waals surface area contributed by atoms with Crippen LogP contribution < -0.4 is 5.73 Å². The minimum Gasteiger partial charge on any atom is -0.466 e. The van der Waals surface area contributed by atoms with Crippen LogP contribution in [0.3, 0.4) is 0 Å². The number of carbonyl (C=O) groups is 1. The van der Waals surface area contributed by atoms with Crippen LogP contribution in [0.2, 0.25) is 0 Å². The first-order chi connectivity index (χ1) is 8.27. The van der Waals surface area contributed by atoms with Crippen molar-refractivity contribution in [3.8, 4) is 0 Å². The van der Waals surface area contributed by atoms with Gasteiger partial charge in [-0.1, -0.05) is 13.8 Å². The molecule has 0 bridgehead atoms. The molecular formula is C12H22F3NO2. The molecule has 1 atom stereocenters. The zero-order chi connectivity index (χ0) is 14.2. The van der Waals surface area contributed by atoms with E-state index in [1.807, 2.05) is 13.8 Å². The fourth-order valence-electron chi connectivity index (χ4n) is 1.52. The number of hydrogen-bond donors (Lipinski definition) is 1. The van der Waals surface area contributed by atoms with Gasteiger partial charge in [-0.05, 0) is 31.7 Å². The highest BCUT2D eigenvalue weighted by molar-refractivity contribution is 5.69. The third-order valence-electron chi connectivity index (χ3n) is 2.58. The van der Waals surface area contributed by atoms with Crippen molar-refractivity contribution in [1.29, 1.82) is 0 Å². The standard InChI is InChI=1S/C12H22F3NO2/c1-9(2)4-3-7-18-11(17)8-10(5-6-16)12(13,14)15/h9-10H,3-8,16H2,1-2H3. The van der Waals surface area contributed by atoms with Crippen molar-refractivity contribution in [2.45, 2.75) is 45.7 Å². The van der Waals surface area contributed by atoms with Crippen LogP contribution in [0, 0.1) is 11.8 Å². The molecule has 108 valence electrons. The van der Waals surface area contributed by atoms with E-state index >= 15 is 0 Å². The van der Waals surface area contributed by atoms with E-state index in [1.54, 1.807) is 0 Å². The molecule has 0 aliphatic carbocycles. The van der Waals surface area contributed by atoms with Crippen LogP contribution in [-0.2, 0) is 9.53 Å². The van der Waals surface area contributed by atoms with Gasteiger partial charge < -0.3 is 10.5 Å². The number of hydrogen-bond acceptors (Lipinski definition) is 3. The molecule has 0 amide bonds. The first-order valence-electron chi connectivity index (χ1n) is 6.19. The Labute approximate surface area is 106 Å². The smallest absolute Gasteiger partial charge is 0.392 e. The predicted octanol–water partition coefficient (Wildman–Crippen LogP) is 2.88. The quantitative estimate of drug-likeness (QED) is 0.544. The molecule has 0 radical (unpaired) electrons. The fraction of sp³-hybridized carbons (Fsp3) is 0.917. The van der Waals surface area contributed by atoms with E-state index in [0.717, 1.165) is 6.42 Å². The highest BCUT2D eigenvalue weighted by Gasteiger charge is 2.40. The second-order valence-electron chi connectivity index (χ2n) is 4.78. The maximum Gasteiger partial charge on any atom is 0.392 e. The van der Waals surface area contributed by atoms with Gasteiger partial charge in [-0.25, -0.2) is 0 Å². The molecule has 0 heterocycles. The van der Waals surface area contributed by atoms with Crippen LogP contribution in [0.15, 0.2) is 0 Å². The van der Waals surface area contributed by atoms with Crippen molar-refractivity contribution in [2.24, 2.45) is 17.6 Å².